The van der Waals surface area contributed by atoms with Crippen LogP contribution < -0.4 is 0 Å². The summed E-state index contributed by atoms with van der Waals surface area (Å²) in [4.78, 5) is 0. The molecule has 0 aliphatic rings. The van der Waals surface area contributed by atoms with Gasteiger partial charge in [0, 0.05) is 6.92 Å². The molecule has 0 aromatic rings. The Morgan fingerprint density at radius 1 is 1.07 bits per heavy atom. The lowest BCUT2D eigenvalue weighted by Gasteiger charge is -1.89. The SMILES string of the molecule is CC(F)(F)F.FC(F)(F)[SiH3].O=S(=O)(O)F. The predicted octanol–water partition coefficient (Wildman–Crippen LogP) is 1.20. The highest BCUT2D eigenvalue weighted by Gasteiger charge is 2.15. The molecule has 0 bridgehead atoms. The first kappa shape index (κ1) is 20.1. The smallest absolute Gasteiger partial charge is 0.260 e. The second-order valence-electron chi connectivity index (χ2n) is 1.97. The second kappa shape index (κ2) is 7.00. The molecule has 0 aliphatic carbocycles. The highest BCUT2D eigenvalue weighted by atomic mass is 32.3. The fourth-order valence-corrected chi connectivity index (χ4v) is 0. The summed E-state index contributed by atoms with van der Waals surface area (Å²) in [5.74, 6) is -3.86. The molecule has 0 fully saturated rings. The first-order chi connectivity index (χ1) is 6.00. The van der Waals surface area contributed by atoms with Gasteiger partial charge in [-0.3, -0.25) is 4.55 Å². The maximum absolute atomic E-state index is 10.4. The van der Waals surface area contributed by atoms with Crippen molar-refractivity contribution in [3.63, 3.8) is 0 Å². The molecule has 0 spiro atoms. The Kier molecular flexibility index (Phi) is 9.38. The van der Waals surface area contributed by atoms with Crippen LogP contribution in [0.3, 0.4) is 0 Å². The molecule has 96 valence electrons. The van der Waals surface area contributed by atoms with E-state index in [1.165, 1.54) is 0 Å². The molecule has 3 nitrogen and oxygen atoms in total. The largest absolute Gasteiger partial charge is 0.435 e. The molecule has 15 heavy (non-hydrogen) atoms. The predicted molar refractivity (Wildman–Crippen MR) is 40.4 cm³/mol. The van der Waals surface area contributed by atoms with Gasteiger partial charge in [0.15, 0.2) is 0 Å². The molecule has 0 aromatic carbocycles. The van der Waals surface area contributed by atoms with E-state index in [9.17, 15) is 30.2 Å². The Morgan fingerprint density at radius 2 is 1.07 bits per heavy atom. The van der Waals surface area contributed by atoms with Crippen molar-refractivity contribution in [3.05, 3.63) is 0 Å². The maximum Gasteiger partial charge on any atom is 0.435 e. The molecule has 0 aromatic heterocycles. The fourth-order valence-electron chi connectivity index (χ4n) is 0. The standard InChI is InChI=1S/C2H3F3.CH3F3Si.FHO3S/c1-2(3,4)5;2-1(3,4)5;1-5(2,3)4/h1H3;5H3;(H,2,3,4). The monoisotopic (exact) mass is 284 g/mol. The van der Waals surface area contributed by atoms with Gasteiger partial charge in [-0.1, -0.05) is 3.89 Å². The molecule has 0 aliphatic heterocycles. The Balaban J connectivity index is -0.000000144. The minimum Gasteiger partial charge on any atom is -0.260 e. The minimum absolute atomic E-state index is 0.188. The lowest BCUT2D eigenvalue weighted by Crippen LogP contribution is -2.03. The van der Waals surface area contributed by atoms with Crippen molar-refractivity contribution in [1.82, 2.24) is 0 Å². The van der Waals surface area contributed by atoms with Gasteiger partial charge >= 0.3 is 22.5 Å². The molecular formula is C3H7F7O3SSi. The average molecular weight is 284 g/mol. The molecule has 0 atom stereocenters. The molecule has 0 rings (SSSR count). The lowest BCUT2D eigenvalue weighted by atomic mass is 10.8. The number of hydrogen-bond donors (Lipinski definition) is 1. The van der Waals surface area contributed by atoms with Crippen molar-refractivity contribution in [1.29, 1.82) is 0 Å². The van der Waals surface area contributed by atoms with Crippen LogP contribution in [-0.4, -0.2) is 35.2 Å². The molecule has 0 saturated carbocycles. The third-order valence-electron chi connectivity index (χ3n) is 0. The van der Waals surface area contributed by atoms with Gasteiger partial charge in [0.25, 0.3) is 0 Å². The van der Waals surface area contributed by atoms with E-state index >= 15 is 0 Å². The van der Waals surface area contributed by atoms with E-state index in [-0.39, 0.29) is 6.92 Å². The average Bonchev–Trinajstić information content (AvgIpc) is 1.41. The molecule has 0 radical (unpaired) electrons. The van der Waals surface area contributed by atoms with Gasteiger partial charge in [-0.15, -0.1) is 0 Å². The zero-order valence-electron chi connectivity index (χ0n) is 7.32. The first-order valence-electron chi connectivity index (χ1n) is 2.80. The van der Waals surface area contributed by atoms with Crippen LogP contribution in [-0.2, 0) is 10.5 Å². The highest BCUT2D eigenvalue weighted by molar-refractivity contribution is 7.80. The molecule has 1 N–H and O–H groups in total. The van der Waals surface area contributed by atoms with Gasteiger partial charge in [0.1, 0.15) is 10.2 Å². The Labute approximate surface area is 83.7 Å². The molecule has 0 saturated heterocycles. The van der Waals surface area contributed by atoms with Crippen LogP contribution in [0, 0.1) is 0 Å². The van der Waals surface area contributed by atoms with Crippen LogP contribution in [0.5, 0.6) is 0 Å². The summed E-state index contributed by atoms with van der Waals surface area (Å²) in [7, 11) is -5.86. The summed E-state index contributed by atoms with van der Waals surface area (Å²) >= 11 is 0. The van der Waals surface area contributed by atoms with Gasteiger partial charge in [-0.2, -0.15) is 34.8 Å². The molecule has 12 heteroatoms. The number of halogens is 7. The summed E-state index contributed by atoms with van der Waals surface area (Å²) in [5, 5.41) is 0. The quantitative estimate of drug-likeness (QED) is 0.315. The van der Waals surface area contributed by atoms with E-state index in [0.717, 1.165) is 0 Å². The summed E-state index contributed by atoms with van der Waals surface area (Å²) < 4.78 is 96.4. The zero-order valence-corrected chi connectivity index (χ0v) is 10.1. The Morgan fingerprint density at radius 3 is 1.07 bits per heavy atom. The van der Waals surface area contributed by atoms with Gasteiger partial charge in [-0.05, 0) is 0 Å². The van der Waals surface area contributed by atoms with E-state index in [0.29, 0.717) is 0 Å². The van der Waals surface area contributed by atoms with Gasteiger partial charge in [-0.25, -0.2) is 0 Å². The van der Waals surface area contributed by atoms with E-state index in [2.05, 4.69) is 0 Å². The van der Waals surface area contributed by atoms with Crippen LogP contribution in [0.4, 0.5) is 30.2 Å². The van der Waals surface area contributed by atoms with Crippen LogP contribution in [0.1, 0.15) is 6.92 Å². The van der Waals surface area contributed by atoms with Crippen molar-refractivity contribution < 1.29 is 43.2 Å². The molecule has 0 heterocycles. The molecular weight excluding hydrogens is 277 g/mol. The summed E-state index contributed by atoms with van der Waals surface area (Å²) in [6.45, 7) is 0.188. The van der Waals surface area contributed by atoms with Gasteiger partial charge in [0.2, 0.25) is 0 Å². The highest BCUT2D eigenvalue weighted by Crippen LogP contribution is 2.10. The van der Waals surface area contributed by atoms with Crippen LogP contribution in [0.2, 0.25) is 0 Å². The maximum atomic E-state index is 10.4. The van der Waals surface area contributed by atoms with E-state index < -0.39 is 32.7 Å². The zero-order chi connectivity index (χ0) is 13.5. The Hall–Kier alpha value is -0.363. The summed E-state index contributed by atoms with van der Waals surface area (Å²) in [6, 6.07) is 0. The van der Waals surface area contributed by atoms with Gasteiger partial charge in [0.05, 0.1) is 0 Å². The minimum atomic E-state index is -5.17. The van der Waals surface area contributed by atoms with Crippen molar-refractivity contribution >= 4 is 20.7 Å². The first-order valence-corrected chi connectivity index (χ1v) is 5.14. The third kappa shape index (κ3) is 14000. The molecule has 0 amide bonds. The van der Waals surface area contributed by atoms with Crippen LogP contribution in [0.25, 0.3) is 0 Å². The number of rotatable bonds is 0. The van der Waals surface area contributed by atoms with Crippen LogP contribution in [0.15, 0.2) is 0 Å². The number of alkyl halides is 6. The normalized spacial score (nSPS) is 12.1. The topological polar surface area (TPSA) is 54.4 Å². The number of hydrogen-bond acceptors (Lipinski definition) is 2. The Bertz CT molecular complexity index is 209. The molecule has 0 unspecified atom stereocenters. The van der Waals surface area contributed by atoms with E-state index in [1.54, 1.807) is 0 Å². The summed E-state index contributed by atoms with van der Waals surface area (Å²) in [6.07, 6.45) is -4.00. The van der Waals surface area contributed by atoms with Crippen molar-refractivity contribution in [3.8, 4) is 0 Å². The second-order valence-corrected chi connectivity index (χ2v) is 3.93. The van der Waals surface area contributed by atoms with Crippen LogP contribution >= 0.6 is 0 Å². The van der Waals surface area contributed by atoms with Crippen molar-refractivity contribution in [2.45, 2.75) is 18.9 Å². The summed E-state index contributed by atoms with van der Waals surface area (Å²) in [5.41, 5.74) is 0. The van der Waals surface area contributed by atoms with Gasteiger partial charge < -0.3 is 0 Å². The lowest BCUT2D eigenvalue weighted by molar-refractivity contribution is -0.110. The van der Waals surface area contributed by atoms with E-state index in [4.69, 9.17) is 13.0 Å². The van der Waals surface area contributed by atoms with E-state index in [1.807, 2.05) is 0 Å². The van der Waals surface area contributed by atoms with Crippen molar-refractivity contribution in [2.24, 2.45) is 0 Å². The van der Waals surface area contributed by atoms with Crippen molar-refractivity contribution in [2.75, 3.05) is 0 Å². The fraction of sp³-hybridized carbons (Fsp3) is 1.00. The third-order valence-corrected chi connectivity index (χ3v) is 0.